The van der Waals surface area contributed by atoms with Crippen LogP contribution in [-0.2, 0) is 6.42 Å². The summed E-state index contributed by atoms with van der Waals surface area (Å²) < 4.78 is 0. The molecule has 4 heteroatoms. The van der Waals surface area contributed by atoms with Gasteiger partial charge in [0.1, 0.15) is 0 Å². The lowest BCUT2D eigenvalue weighted by Gasteiger charge is -2.18. The molecule has 0 aliphatic heterocycles. The standard InChI is InChI=1S/C16H16N4/c17-20-16(8-12-4-3-7-18-9-12)15-11-19-10-13-5-1-2-6-14(13)15/h1-7,9-11,16,20H,8,17H2. The topological polar surface area (TPSA) is 63.8 Å². The van der Waals surface area contributed by atoms with Crippen LogP contribution in [0, 0.1) is 0 Å². The number of fused-ring (bicyclic) bond motifs is 1. The Morgan fingerprint density at radius 1 is 1.00 bits per heavy atom. The monoisotopic (exact) mass is 264 g/mol. The predicted molar refractivity (Wildman–Crippen MR) is 79.7 cm³/mol. The third-order valence-corrected chi connectivity index (χ3v) is 3.44. The van der Waals surface area contributed by atoms with Crippen LogP contribution in [0.1, 0.15) is 17.2 Å². The van der Waals surface area contributed by atoms with E-state index in [2.05, 4.69) is 33.6 Å². The molecule has 1 aromatic carbocycles. The van der Waals surface area contributed by atoms with Gasteiger partial charge in [0.25, 0.3) is 0 Å². The van der Waals surface area contributed by atoms with Gasteiger partial charge in [-0.05, 0) is 29.0 Å². The molecule has 0 amide bonds. The molecule has 2 aromatic heterocycles. The van der Waals surface area contributed by atoms with Crippen molar-refractivity contribution >= 4 is 10.8 Å². The van der Waals surface area contributed by atoms with Crippen LogP contribution >= 0.6 is 0 Å². The number of hydrogen-bond acceptors (Lipinski definition) is 4. The minimum absolute atomic E-state index is 0.0119. The molecule has 0 radical (unpaired) electrons. The second-order valence-electron chi connectivity index (χ2n) is 4.73. The van der Waals surface area contributed by atoms with E-state index in [0.29, 0.717) is 0 Å². The van der Waals surface area contributed by atoms with Gasteiger partial charge in [-0.15, -0.1) is 0 Å². The summed E-state index contributed by atoms with van der Waals surface area (Å²) >= 11 is 0. The predicted octanol–water partition coefficient (Wildman–Crippen LogP) is 2.38. The summed E-state index contributed by atoms with van der Waals surface area (Å²) in [5, 5.41) is 2.30. The van der Waals surface area contributed by atoms with Crippen LogP contribution in [0.5, 0.6) is 0 Å². The molecule has 0 spiro atoms. The molecule has 1 atom stereocenters. The Labute approximate surface area is 117 Å². The third kappa shape index (κ3) is 2.52. The Balaban J connectivity index is 1.99. The van der Waals surface area contributed by atoms with Gasteiger partial charge < -0.3 is 0 Å². The van der Waals surface area contributed by atoms with Crippen LogP contribution in [0.15, 0.2) is 61.2 Å². The van der Waals surface area contributed by atoms with E-state index in [1.165, 1.54) is 5.39 Å². The lowest BCUT2D eigenvalue weighted by Crippen LogP contribution is -2.29. The maximum Gasteiger partial charge on any atom is 0.0522 e. The molecule has 1 unspecified atom stereocenters. The molecular formula is C16H16N4. The number of nitrogens with two attached hydrogens (primary N) is 1. The van der Waals surface area contributed by atoms with Gasteiger partial charge in [0.2, 0.25) is 0 Å². The zero-order valence-electron chi connectivity index (χ0n) is 11.0. The van der Waals surface area contributed by atoms with E-state index in [9.17, 15) is 0 Å². The van der Waals surface area contributed by atoms with Crippen molar-refractivity contribution in [2.45, 2.75) is 12.5 Å². The second-order valence-corrected chi connectivity index (χ2v) is 4.73. The Morgan fingerprint density at radius 2 is 1.90 bits per heavy atom. The molecule has 2 heterocycles. The number of nitrogens with zero attached hydrogens (tertiary/aromatic N) is 2. The van der Waals surface area contributed by atoms with E-state index in [4.69, 9.17) is 5.84 Å². The summed E-state index contributed by atoms with van der Waals surface area (Å²) in [6.07, 6.45) is 8.16. The molecule has 0 saturated heterocycles. The van der Waals surface area contributed by atoms with Crippen molar-refractivity contribution < 1.29 is 0 Å². The molecule has 100 valence electrons. The highest BCUT2D eigenvalue weighted by atomic mass is 15.2. The summed E-state index contributed by atoms with van der Waals surface area (Å²) in [5.41, 5.74) is 5.14. The molecule has 0 bridgehead atoms. The average molecular weight is 264 g/mol. The van der Waals surface area contributed by atoms with Gasteiger partial charge >= 0.3 is 0 Å². The zero-order chi connectivity index (χ0) is 13.8. The van der Waals surface area contributed by atoms with Crippen molar-refractivity contribution in [2.24, 2.45) is 5.84 Å². The van der Waals surface area contributed by atoms with Crippen molar-refractivity contribution in [3.05, 3.63) is 72.3 Å². The van der Waals surface area contributed by atoms with Crippen LogP contribution in [0.3, 0.4) is 0 Å². The normalized spacial score (nSPS) is 12.4. The molecule has 20 heavy (non-hydrogen) atoms. The van der Waals surface area contributed by atoms with Gasteiger partial charge in [0, 0.05) is 30.2 Å². The van der Waals surface area contributed by atoms with Gasteiger partial charge in [0.15, 0.2) is 0 Å². The molecule has 3 aromatic rings. The molecule has 3 N–H and O–H groups in total. The number of hydrazine groups is 1. The maximum absolute atomic E-state index is 5.75. The van der Waals surface area contributed by atoms with E-state index in [1.807, 2.05) is 36.8 Å². The van der Waals surface area contributed by atoms with E-state index in [1.54, 1.807) is 6.20 Å². The zero-order valence-corrected chi connectivity index (χ0v) is 11.0. The molecule has 0 fully saturated rings. The fourth-order valence-corrected chi connectivity index (χ4v) is 2.43. The number of hydrogen-bond donors (Lipinski definition) is 2. The van der Waals surface area contributed by atoms with Gasteiger partial charge in [-0.1, -0.05) is 30.3 Å². The molecular weight excluding hydrogens is 248 g/mol. The maximum atomic E-state index is 5.75. The van der Waals surface area contributed by atoms with Crippen molar-refractivity contribution in [1.29, 1.82) is 0 Å². The lowest BCUT2D eigenvalue weighted by molar-refractivity contribution is 0.553. The third-order valence-electron chi connectivity index (χ3n) is 3.44. The van der Waals surface area contributed by atoms with Gasteiger partial charge in [-0.3, -0.25) is 21.2 Å². The number of aromatic nitrogens is 2. The van der Waals surface area contributed by atoms with Crippen LogP contribution in [-0.4, -0.2) is 9.97 Å². The summed E-state index contributed by atoms with van der Waals surface area (Å²) in [6.45, 7) is 0. The first kappa shape index (κ1) is 12.7. The highest BCUT2D eigenvalue weighted by Gasteiger charge is 2.14. The average Bonchev–Trinajstić information content (AvgIpc) is 2.53. The highest BCUT2D eigenvalue weighted by molar-refractivity contribution is 5.85. The molecule has 0 saturated carbocycles. The summed E-state index contributed by atoms with van der Waals surface area (Å²) in [4.78, 5) is 8.46. The van der Waals surface area contributed by atoms with Crippen molar-refractivity contribution in [3.8, 4) is 0 Å². The number of rotatable bonds is 4. The van der Waals surface area contributed by atoms with E-state index in [0.717, 1.165) is 22.9 Å². The Bertz CT molecular complexity index is 692. The van der Waals surface area contributed by atoms with Crippen LogP contribution < -0.4 is 11.3 Å². The molecule has 0 aliphatic rings. The van der Waals surface area contributed by atoms with Gasteiger partial charge in [0.05, 0.1) is 6.04 Å². The van der Waals surface area contributed by atoms with Crippen molar-refractivity contribution in [3.63, 3.8) is 0 Å². The van der Waals surface area contributed by atoms with Crippen LogP contribution in [0.25, 0.3) is 10.8 Å². The second kappa shape index (κ2) is 5.77. The molecule has 4 nitrogen and oxygen atoms in total. The SMILES string of the molecule is NNC(Cc1cccnc1)c1cncc2ccccc12. The minimum atomic E-state index is 0.0119. The van der Waals surface area contributed by atoms with Gasteiger partial charge in [-0.2, -0.15) is 0 Å². The minimum Gasteiger partial charge on any atom is -0.271 e. The fourth-order valence-electron chi connectivity index (χ4n) is 2.43. The summed E-state index contributed by atoms with van der Waals surface area (Å²) in [6, 6.07) is 12.2. The quantitative estimate of drug-likeness (QED) is 0.561. The number of pyridine rings is 2. The summed E-state index contributed by atoms with van der Waals surface area (Å²) in [7, 11) is 0. The first-order chi connectivity index (χ1) is 9.88. The smallest absolute Gasteiger partial charge is 0.0522 e. The van der Waals surface area contributed by atoms with Crippen molar-refractivity contribution in [1.82, 2.24) is 15.4 Å². The van der Waals surface area contributed by atoms with E-state index < -0.39 is 0 Å². The largest absolute Gasteiger partial charge is 0.271 e. The number of benzene rings is 1. The summed E-state index contributed by atoms with van der Waals surface area (Å²) in [5.74, 6) is 5.75. The first-order valence-electron chi connectivity index (χ1n) is 6.56. The van der Waals surface area contributed by atoms with Crippen LogP contribution in [0.2, 0.25) is 0 Å². The molecule has 3 rings (SSSR count). The Kier molecular flexibility index (Phi) is 3.67. The Morgan fingerprint density at radius 3 is 2.70 bits per heavy atom. The van der Waals surface area contributed by atoms with Gasteiger partial charge in [-0.25, -0.2) is 0 Å². The fraction of sp³-hybridized carbons (Fsp3) is 0.125. The van der Waals surface area contributed by atoms with Crippen molar-refractivity contribution in [2.75, 3.05) is 0 Å². The first-order valence-corrected chi connectivity index (χ1v) is 6.56. The van der Waals surface area contributed by atoms with Crippen LogP contribution in [0.4, 0.5) is 0 Å². The Hall–Kier alpha value is -2.30. The highest BCUT2D eigenvalue weighted by Crippen LogP contribution is 2.25. The number of nitrogens with one attached hydrogen (secondary N) is 1. The lowest BCUT2D eigenvalue weighted by atomic mass is 9.97. The molecule has 0 aliphatic carbocycles. The van der Waals surface area contributed by atoms with E-state index >= 15 is 0 Å². The van der Waals surface area contributed by atoms with E-state index in [-0.39, 0.29) is 6.04 Å².